The molecule has 0 amide bonds. The van der Waals surface area contributed by atoms with Gasteiger partial charge in [0.05, 0.1) is 34.4 Å². The zero-order chi connectivity index (χ0) is 63.3. The number of hydrogen-bond acceptors (Lipinski definition) is 7. The Hall–Kier alpha value is -4.83. The summed E-state index contributed by atoms with van der Waals surface area (Å²) in [5, 5.41) is 9.75. The van der Waals surface area contributed by atoms with E-state index in [0.29, 0.717) is 23.9 Å². The first-order valence-corrected chi connectivity index (χ1v) is 35.0. The fourth-order valence-corrected chi connectivity index (χ4v) is 9.32. The minimum atomic E-state index is -1.52. The first-order valence-electron chi connectivity index (χ1n) is 35.0. The van der Waals surface area contributed by atoms with Crippen LogP contribution in [-0.2, 0) is 33.3 Å². The Balaban J connectivity index is 4.17. The molecule has 0 saturated heterocycles. The fraction of sp³-hybridized carbons (Fsp3) is 0.654. The zero-order valence-electron chi connectivity index (χ0n) is 56.4. The molecule has 0 heterocycles. The second-order valence-electron chi connectivity index (χ2n) is 24.1. The van der Waals surface area contributed by atoms with Gasteiger partial charge in [-0.15, -0.1) is 0 Å². The Morgan fingerprint density at radius 3 is 0.920 bits per heavy atom. The topological polar surface area (TPSA) is 108 Å². The van der Waals surface area contributed by atoms with E-state index in [0.717, 1.165) is 122 Å². The number of carboxylic acids is 1. The van der Waals surface area contributed by atoms with E-state index in [2.05, 4.69) is 160 Å². The number of likely N-dealkylation sites (N-methyl/N-ethyl adjacent to an activating group) is 1. The van der Waals surface area contributed by atoms with Gasteiger partial charge in [-0.25, -0.2) is 4.79 Å². The predicted octanol–water partition coefficient (Wildman–Crippen LogP) is 21.9. The van der Waals surface area contributed by atoms with Crippen LogP contribution in [0.5, 0.6) is 0 Å². The maximum Gasteiger partial charge on any atom is 0.361 e. The number of carboxylic acid groups (broad SMARTS) is 1. The molecule has 0 aromatic heterocycles. The Kier molecular flexibility index (Phi) is 63.4. The third kappa shape index (κ3) is 68.5. The SMILES string of the molecule is CC/C=C\C/C=C\C/C=C\C/C=C\C/C=C\C/C=C\C/C=C\CCCCCCCCCCCC(=O)OC(COC(=O)CCCCCCCCCCCCCCCCC/C=C\C/C=C\C/C=C\C/C=C\C/C=C\CC)COC(OCC[N+](C)(C)C)C(=O)O. The van der Waals surface area contributed by atoms with Crippen molar-refractivity contribution in [1.82, 2.24) is 0 Å². The standard InChI is InChI=1S/C78H129NO8/c1-6-8-10-12-14-16-18-20-22-24-26-28-30-32-34-36-38-40-42-44-46-48-50-52-54-56-58-60-62-64-66-68-75(80)85-72-74(73-86-78(77(82)83)84-71-70-79(3,4)5)87-76(81)69-67-65-63-61-59-57-55-53-51-49-47-45-43-41-39-37-35-33-31-29-27-25-23-21-19-17-15-13-11-9-7-2/h8-11,14-17,20-23,26-29,32-35,39,41,45,47,74,78H,6-7,12-13,18-19,24-25,30-31,36-38,40,42-44,46,48-73H2,1-5H3/p+1/b10-8-,11-9-,16-14-,17-15-,22-20-,23-21-,28-26-,29-27-,34-32-,35-33-,41-39-,47-45-. The van der Waals surface area contributed by atoms with Gasteiger partial charge in [-0.2, -0.15) is 0 Å². The van der Waals surface area contributed by atoms with Gasteiger partial charge in [-0.3, -0.25) is 9.59 Å². The molecule has 0 saturated carbocycles. The molecule has 494 valence electrons. The maximum absolute atomic E-state index is 13.0. The van der Waals surface area contributed by atoms with Crippen LogP contribution in [0.1, 0.15) is 271 Å². The number of carbonyl (C=O) groups is 3. The second-order valence-corrected chi connectivity index (χ2v) is 24.1. The Labute approximate surface area is 534 Å². The zero-order valence-corrected chi connectivity index (χ0v) is 56.4. The third-order valence-electron chi connectivity index (χ3n) is 14.6. The lowest BCUT2D eigenvalue weighted by atomic mass is 10.0. The van der Waals surface area contributed by atoms with Gasteiger partial charge in [-0.1, -0.05) is 288 Å². The van der Waals surface area contributed by atoms with Crippen molar-refractivity contribution in [3.63, 3.8) is 0 Å². The Morgan fingerprint density at radius 1 is 0.345 bits per heavy atom. The first-order chi connectivity index (χ1) is 42.6. The quantitative estimate of drug-likeness (QED) is 0.0211. The van der Waals surface area contributed by atoms with Crippen LogP contribution in [0.25, 0.3) is 0 Å². The van der Waals surface area contributed by atoms with E-state index in [-0.39, 0.29) is 32.2 Å². The molecule has 9 nitrogen and oxygen atoms in total. The summed E-state index contributed by atoms with van der Waals surface area (Å²) in [6, 6.07) is 0. The van der Waals surface area contributed by atoms with E-state index in [1.165, 1.54) is 116 Å². The molecule has 0 spiro atoms. The van der Waals surface area contributed by atoms with Crippen LogP contribution in [0.2, 0.25) is 0 Å². The minimum absolute atomic E-state index is 0.180. The lowest BCUT2D eigenvalue weighted by Gasteiger charge is -2.25. The minimum Gasteiger partial charge on any atom is -0.477 e. The highest BCUT2D eigenvalue weighted by atomic mass is 16.7. The number of ether oxygens (including phenoxy) is 4. The highest BCUT2D eigenvalue weighted by Gasteiger charge is 2.25. The highest BCUT2D eigenvalue weighted by molar-refractivity contribution is 5.71. The first kappa shape index (κ1) is 82.2. The summed E-state index contributed by atoms with van der Waals surface area (Å²) in [7, 11) is 5.97. The summed E-state index contributed by atoms with van der Waals surface area (Å²) in [4.78, 5) is 37.6. The van der Waals surface area contributed by atoms with E-state index < -0.39 is 24.3 Å². The number of allylic oxidation sites excluding steroid dienone is 24. The molecule has 0 rings (SSSR count). The predicted molar refractivity (Wildman–Crippen MR) is 373 cm³/mol. The van der Waals surface area contributed by atoms with Crippen LogP contribution in [0.4, 0.5) is 0 Å². The van der Waals surface area contributed by atoms with Gasteiger partial charge < -0.3 is 28.5 Å². The molecule has 9 heteroatoms. The van der Waals surface area contributed by atoms with Crippen molar-refractivity contribution in [3.05, 3.63) is 146 Å². The van der Waals surface area contributed by atoms with Gasteiger partial charge in [0, 0.05) is 12.8 Å². The number of hydrogen-bond donors (Lipinski definition) is 1. The van der Waals surface area contributed by atoms with Crippen LogP contribution in [0.15, 0.2) is 146 Å². The summed E-state index contributed by atoms with van der Waals surface area (Å²) in [6.07, 6.45) is 95.2. The van der Waals surface area contributed by atoms with Gasteiger partial charge in [0.15, 0.2) is 6.10 Å². The van der Waals surface area contributed by atoms with Crippen molar-refractivity contribution in [1.29, 1.82) is 0 Å². The van der Waals surface area contributed by atoms with Crippen molar-refractivity contribution >= 4 is 17.9 Å². The number of quaternary nitrogens is 1. The van der Waals surface area contributed by atoms with E-state index in [1.54, 1.807) is 0 Å². The molecule has 0 aliphatic carbocycles. The lowest BCUT2D eigenvalue weighted by Crippen LogP contribution is -2.40. The van der Waals surface area contributed by atoms with Gasteiger partial charge >= 0.3 is 17.9 Å². The van der Waals surface area contributed by atoms with E-state index >= 15 is 0 Å². The summed E-state index contributed by atoms with van der Waals surface area (Å²) in [6.45, 7) is 4.65. The van der Waals surface area contributed by atoms with E-state index in [4.69, 9.17) is 18.9 Å². The van der Waals surface area contributed by atoms with E-state index in [9.17, 15) is 19.5 Å². The molecule has 0 fully saturated rings. The average Bonchev–Trinajstić information content (AvgIpc) is 3.56. The van der Waals surface area contributed by atoms with Crippen molar-refractivity contribution in [2.45, 2.75) is 283 Å². The highest BCUT2D eigenvalue weighted by Crippen LogP contribution is 2.17. The lowest BCUT2D eigenvalue weighted by molar-refractivity contribution is -0.870. The number of carbonyl (C=O) groups excluding carboxylic acids is 2. The number of nitrogens with zero attached hydrogens (tertiary/aromatic N) is 1. The molecular formula is C78H130NO8+. The fourth-order valence-electron chi connectivity index (χ4n) is 9.32. The normalized spacial score (nSPS) is 13.6. The molecule has 0 aromatic carbocycles. The Bertz CT molecular complexity index is 1940. The molecule has 0 aromatic rings. The smallest absolute Gasteiger partial charge is 0.361 e. The van der Waals surface area contributed by atoms with Crippen LogP contribution >= 0.6 is 0 Å². The van der Waals surface area contributed by atoms with Crippen molar-refractivity contribution in [2.75, 3.05) is 47.5 Å². The molecule has 0 aliphatic rings. The monoisotopic (exact) mass is 1210 g/mol. The number of unbranched alkanes of at least 4 members (excludes halogenated alkanes) is 24. The van der Waals surface area contributed by atoms with Crippen molar-refractivity contribution in [2.24, 2.45) is 0 Å². The van der Waals surface area contributed by atoms with Gasteiger partial charge in [0.1, 0.15) is 13.2 Å². The molecule has 0 aliphatic heterocycles. The number of aliphatic carboxylic acids is 1. The van der Waals surface area contributed by atoms with Crippen LogP contribution in [0.3, 0.4) is 0 Å². The molecule has 1 N–H and O–H groups in total. The van der Waals surface area contributed by atoms with E-state index in [1.807, 2.05) is 21.1 Å². The Morgan fingerprint density at radius 2 is 0.621 bits per heavy atom. The summed E-state index contributed by atoms with van der Waals surface area (Å²) in [5.41, 5.74) is 0. The molecule has 87 heavy (non-hydrogen) atoms. The van der Waals surface area contributed by atoms with Crippen molar-refractivity contribution < 1.29 is 42.9 Å². The van der Waals surface area contributed by atoms with Crippen LogP contribution in [-0.4, -0.2) is 87.4 Å². The number of esters is 2. The summed E-state index contributed by atoms with van der Waals surface area (Å²) in [5.74, 6) is -2.02. The maximum atomic E-state index is 13.0. The van der Waals surface area contributed by atoms with Gasteiger partial charge in [0.25, 0.3) is 6.29 Å². The molecule has 0 bridgehead atoms. The summed E-state index contributed by atoms with van der Waals surface area (Å²) < 4.78 is 23.0. The molecule has 2 unspecified atom stereocenters. The van der Waals surface area contributed by atoms with Gasteiger partial charge in [0.2, 0.25) is 0 Å². The largest absolute Gasteiger partial charge is 0.477 e. The van der Waals surface area contributed by atoms with Crippen molar-refractivity contribution in [3.8, 4) is 0 Å². The van der Waals surface area contributed by atoms with Gasteiger partial charge in [-0.05, 0) is 116 Å². The molecule has 2 atom stereocenters. The van der Waals surface area contributed by atoms with Crippen LogP contribution in [0, 0.1) is 0 Å². The molecular weight excluding hydrogens is 1080 g/mol. The van der Waals surface area contributed by atoms with Crippen LogP contribution < -0.4 is 0 Å². The molecule has 0 radical (unpaired) electrons. The average molecular weight is 1210 g/mol. The summed E-state index contributed by atoms with van der Waals surface area (Å²) >= 11 is 0. The third-order valence-corrected chi connectivity index (χ3v) is 14.6. The number of rotatable bonds is 63. The second kappa shape index (κ2) is 67.1.